The van der Waals surface area contributed by atoms with Gasteiger partial charge >= 0.3 is 0 Å². The van der Waals surface area contributed by atoms with E-state index in [1.807, 2.05) is 0 Å². The van der Waals surface area contributed by atoms with E-state index >= 15 is 0 Å². The van der Waals surface area contributed by atoms with Gasteiger partial charge in [0.05, 0.1) is 0 Å². The number of nitrogens with zero attached hydrogens (tertiary/aromatic N) is 1. The molecule has 0 amide bonds. The molecule has 0 aliphatic rings. The van der Waals surface area contributed by atoms with E-state index in [-0.39, 0.29) is 16.5 Å². The summed E-state index contributed by atoms with van der Waals surface area (Å²) in [6.07, 6.45) is 0. The molecular formula is C6H12NNiO8-. The fourth-order valence-electron chi connectivity index (χ4n) is 0. The second-order valence-electron chi connectivity index (χ2n) is 1.63. The number of carboxylic acid groups (broad SMARTS) is 3. The van der Waals surface area contributed by atoms with Gasteiger partial charge in [0.1, 0.15) is 0 Å². The predicted octanol–water partition coefficient (Wildman–Crippen LogP) is 0.521. The molecule has 0 unspecified atom stereocenters. The van der Waals surface area contributed by atoms with Crippen molar-refractivity contribution in [2.45, 2.75) is 20.8 Å². The molecule has 0 saturated heterocycles. The van der Waals surface area contributed by atoms with Crippen LogP contribution in [0.2, 0.25) is 0 Å². The number of hydrogen-bond donors (Lipinski definition) is 3. The van der Waals surface area contributed by atoms with Crippen LogP contribution < -0.4 is 0 Å². The molecular weight excluding hydrogens is 273 g/mol. The fourth-order valence-corrected chi connectivity index (χ4v) is 0. The van der Waals surface area contributed by atoms with Crippen LogP contribution in [0.4, 0.5) is 0 Å². The monoisotopic (exact) mass is 284 g/mol. The summed E-state index contributed by atoms with van der Waals surface area (Å²) in [5, 5.41) is 31.2. The summed E-state index contributed by atoms with van der Waals surface area (Å²) in [5.74, 6) is -2.50. The minimum atomic E-state index is -0.833. The van der Waals surface area contributed by atoms with Gasteiger partial charge in [-0.05, 0) is 0 Å². The summed E-state index contributed by atoms with van der Waals surface area (Å²) >= 11 is 0. The van der Waals surface area contributed by atoms with Crippen molar-refractivity contribution < 1.29 is 46.2 Å². The summed E-state index contributed by atoms with van der Waals surface area (Å²) in [6.45, 7) is 3.25. The Hall–Kier alpha value is -1.70. The first-order chi connectivity index (χ1) is 6.61. The van der Waals surface area contributed by atoms with Crippen LogP contribution in [0.5, 0.6) is 0 Å². The van der Waals surface area contributed by atoms with Gasteiger partial charge in [-0.25, -0.2) is 0 Å². The molecule has 0 rings (SSSR count). The quantitative estimate of drug-likeness (QED) is 0.329. The van der Waals surface area contributed by atoms with Crippen molar-refractivity contribution in [2.75, 3.05) is 0 Å². The number of carbonyl (C=O) groups is 3. The van der Waals surface area contributed by atoms with Gasteiger partial charge in [-0.3, -0.25) is 14.4 Å². The average Bonchev–Trinajstić information content (AvgIpc) is 1.81. The summed E-state index contributed by atoms with van der Waals surface area (Å²) in [6, 6.07) is 0. The van der Waals surface area contributed by atoms with E-state index < -0.39 is 17.9 Å². The van der Waals surface area contributed by atoms with Gasteiger partial charge in [0.15, 0.2) is 0 Å². The first-order valence-corrected chi connectivity index (χ1v) is 3.15. The van der Waals surface area contributed by atoms with Gasteiger partial charge < -0.3 is 25.4 Å². The topological polar surface area (TPSA) is 164 Å². The Labute approximate surface area is 101 Å². The number of carboxylic acids is 3. The van der Waals surface area contributed by atoms with Gasteiger partial charge in [0, 0.05) is 37.3 Å². The molecule has 100 valence electrons. The first-order valence-electron chi connectivity index (χ1n) is 3.15. The van der Waals surface area contributed by atoms with Crippen molar-refractivity contribution in [2.24, 2.45) is 5.34 Å². The standard InChI is InChI=1S/3C2H4O2.HNO2.Ni/c3*1-2(3)4;2-1-3;/h3*1H3,(H,3,4);(H,2,3);/p-1. The van der Waals surface area contributed by atoms with Crippen LogP contribution in [0.25, 0.3) is 0 Å². The van der Waals surface area contributed by atoms with Gasteiger partial charge in [-0.2, -0.15) is 0 Å². The van der Waals surface area contributed by atoms with Crippen molar-refractivity contribution in [1.29, 1.82) is 0 Å². The van der Waals surface area contributed by atoms with E-state index in [0.29, 0.717) is 0 Å². The zero-order valence-corrected chi connectivity index (χ0v) is 9.63. The molecule has 9 nitrogen and oxygen atoms in total. The van der Waals surface area contributed by atoms with Crippen molar-refractivity contribution >= 4 is 17.9 Å². The molecule has 0 heterocycles. The van der Waals surface area contributed by atoms with E-state index in [1.54, 1.807) is 0 Å². The first kappa shape index (κ1) is 29.2. The Kier molecular flexibility index (Phi) is 53.4. The van der Waals surface area contributed by atoms with Crippen molar-refractivity contribution in [3.63, 3.8) is 0 Å². The van der Waals surface area contributed by atoms with Gasteiger partial charge in [0.25, 0.3) is 17.9 Å². The van der Waals surface area contributed by atoms with E-state index in [4.69, 9.17) is 39.8 Å². The summed E-state index contributed by atoms with van der Waals surface area (Å²) in [7, 11) is 0. The summed E-state index contributed by atoms with van der Waals surface area (Å²) < 4.78 is 0. The number of hydrogen-bond acceptors (Lipinski definition) is 6. The minimum Gasteiger partial charge on any atom is -0.481 e. The molecule has 0 aromatic heterocycles. The van der Waals surface area contributed by atoms with Crippen LogP contribution in [0.3, 0.4) is 0 Å². The normalized spacial score (nSPS) is 5.44. The molecule has 0 bridgehead atoms. The average molecular weight is 285 g/mol. The van der Waals surface area contributed by atoms with Crippen molar-refractivity contribution in [1.82, 2.24) is 0 Å². The van der Waals surface area contributed by atoms with Crippen LogP contribution in [0.1, 0.15) is 20.8 Å². The van der Waals surface area contributed by atoms with Crippen LogP contribution in [0, 0.1) is 10.1 Å². The molecule has 0 aromatic rings. The molecule has 0 aromatic carbocycles. The number of aliphatic carboxylic acids is 3. The summed E-state index contributed by atoms with van der Waals surface area (Å²) in [5.41, 5.74) is 0. The third-order valence-electron chi connectivity index (χ3n) is 0. The maximum atomic E-state index is 9.00. The molecule has 0 fully saturated rings. The van der Waals surface area contributed by atoms with Crippen molar-refractivity contribution in [3.05, 3.63) is 10.1 Å². The van der Waals surface area contributed by atoms with Crippen LogP contribution >= 0.6 is 0 Å². The molecule has 0 atom stereocenters. The van der Waals surface area contributed by atoms with E-state index in [0.717, 1.165) is 26.1 Å². The molecule has 0 aliphatic heterocycles. The maximum Gasteiger partial charge on any atom is 0.300 e. The van der Waals surface area contributed by atoms with Gasteiger partial charge in [-0.1, -0.05) is 0 Å². The minimum absolute atomic E-state index is 0. The maximum absolute atomic E-state index is 9.00. The van der Waals surface area contributed by atoms with Crippen LogP contribution in [-0.2, 0) is 30.9 Å². The largest absolute Gasteiger partial charge is 0.481 e. The zero-order chi connectivity index (χ0) is 13.4. The second-order valence-corrected chi connectivity index (χ2v) is 1.63. The van der Waals surface area contributed by atoms with Crippen molar-refractivity contribution in [3.8, 4) is 0 Å². The van der Waals surface area contributed by atoms with E-state index in [2.05, 4.69) is 0 Å². The van der Waals surface area contributed by atoms with Crippen LogP contribution in [0.15, 0.2) is 5.34 Å². The zero-order valence-electron chi connectivity index (χ0n) is 8.65. The van der Waals surface area contributed by atoms with Gasteiger partial charge in [0.2, 0.25) is 0 Å². The predicted molar refractivity (Wildman–Crippen MR) is 49.1 cm³/mol. The second kappa shape index (κ2) is 29.2. The third-order valence-corrected chi connectivity index (χ3v) is 0. The smallest absolute Gasteiger partial charge is 0.300 e. The fraction of sp³-hybridized carbons (Fsp3) is 0.500. The molecule has 0 aliphatic carbocycles. The Morgan fingerprint density at radius 1 is 0.875 bits per heavy atom. The Bertz CT molecular complexity index is 154. The molecule has 16 heavy (non-hydrogen) atoms. The number of rotatable bonds is 0. The molecule has 0 radical (unpaired) electrons. The molecule has 0 spiro atoms. The summed E-state index contributed by atoms with van der Waals surface area (Å²) in [4.78, 5) is 35.0. The molecule has 3 N–H and O–H groups in total. The van der Waals surface area contributed by atoms with Crippen LogP contribution in [-0.4, -0.2) is 33.2 Å². The Morgan fingerprint density at radius 3 is 0.875 bits per heavy atom. The SMILES string of the molecule is CC(=O)O.CC(=O)O.CC(=O)O.O=N[O-].[Ni]. The van der Waals surface area contributed by atoms with E-state index in [9.17, 15) is 0 Å². The Balaban J connectivity index is -0.0000000331. The molecule has 0 saturated carbocycles. The van der Waals surface area contributed by atoms with E-state index in [1.165, 1.54) is 0 Å². The van der Waals surface area contributed by atoms with Gasteiger partial charge in [-0.15, -0.1) is 5.34 Å². The third kappa shape index (κ3) is 546. The molecule has 10 heteroatoms. The Morgan fingerprint density at radius 2 is 0.875 bits per heavy atom.